The molecule has 2 spiro atoms. The van der Waals surface area contributed by atoms with Gasteiger partial charge in [0, 0.05) is 29.5 Å². The molecule has 2 aliphatic carbocycles. The summed E-state index contributed by atoms with van der Waals surface area (Å²) in [7, 11) is 0. The highest BCUT2D eigenvalue weighted by molar-refractivity contribution is 8.15. The van der Waals surface area contributed by atoms with E-state index in [4.69, 9.17) is 0 Å². The molecular formula is C40H37F4N5O2S3. The minimum atomic E-state index is -0.711. The average Bonchev–Trinajstić information content (AvgIpc) is 3.92. The third-order valence-corrected chi connectivity index (χ3v) is 14.6. The molecule has 5 aliphatic rings. The van der Waals surface area contributed by atoms with Crippen LogP contribution in [-0.4, -0.2) is 45.0 Å². The number of nitrogens with one attached hydrogen (secondary N) is 1. The predicted molar refractivity (Wildman–Crippen MR) is 206 cm³/mol. The summed E-state index contributed by atoms with van der Waals surface area (Å²) in [6.45, 7) is 2.99. The minimum absolute atomic E-state index is 0.0433. The molecule has 1 N–H and O–H groups in total. The van der Waals surface area contributed by atoms with Crippen LogP contribution in [0.4, 0.5) is 17.6 Å². The Morgan fingerprint density at radius 2 is 1.41 bits per heavy atom. The van der Waals surface area contributed by atoms with Gasteiger partial charge < -0.3 is 5.32 Å². The zero-order chi connectivity index (χ0) is 37.6. The Morgan fingerprint density at radius 1 is 0.778 bits per heavy atom. The molecule has 54 heavy (non-hydrogen) atoms. The largest absolute Gasteiger partial charge is 0.316 e. The number of thiophene rings is 1. The molecule has 3 atom stereocenters. The van der Waals surface area contributed by atoms with E-state index in [0.717, 1.165) is 98.7 Å². The van der Waals surface area contributed by atoms with E-state index in [0.29, 0.717) is 16.6 Å². The Balaban J connectivity index is 0.000000157. The molecule has 0 bridgehead atoms. The van der Waals surface area contributed by atoms with Gasteiger partial charge in [-0.25, -0.2) is 27.6 Å². The van der Waals surface area contributed by atoms with Gasteiger partial charge in [-0.2, -0.15) is 10.2 Å². The van der Waals surface area contributed by atoms with Crippen molar-refractivity contribution in [1.29, 1.82) is 0 Å². The van der Waals surface area contributed by atoms with E-state index in [1.807, 2.05) is 23.6 Å². The predicted octanol–water partition coefficient (Wildman–Crippen LogP) is 8.86. The lowest BCUT2D eigenvalue weighted by atomic mass is 9.86. The first-order valence-electron chi connectivity index (χ1n) is 18.1. The lowest BCUT2D eigenvalue weighted by Gasteiger charge is -2.41. The number of aryl methyl sites for hydroxylation is 2. The first-order valence-corrected chi connectivity index (χ1v) is 20.6. The summed E-state index contributed by atoms with van der Waals surface area (Å²) < 4.78 is 56.2. The summed E-state index contributed by atoms with van der Waals surface area (Å²) in [6.07, 6.45) is 6.96. The monoisotopic (exact) mass is 791 g/mol. The molecule has 1 aromatic heterocycles. The normalized spacial score (nSPS) is 24.4. The summed E-state index contributed by atoms with van der Waals surface area (Å²) >= 11 is 4.32. The molecule has 280 valence electrons. The van der Waals surface area contributed by atoms with Crippen molar-refractivity contribution in [1.82, 2.24) is 15.3 Å². The van der Waals surface area contributed by atoms with Crippen LogP contribution in [0.25, 0.3) is 0 Å². The van der Waals surface area contributed by atoms with E-state index >= 15 is 0 Å². The number of carbonyl (C=O) groups excluding carboxylic acids is 2. The summed E-state index contributed by atoms with van der Waals surface area (Å²) in [5, 5.41) is 18.1. The number of carbonyl (C=O) groups is 2. The van der Waals surface area contributed by atoms with Crippen LogP contribution in [0, 0.1) is 29.2 Å². The number of benzene rings is 3. The van der Waals surface area contributed by atoms with E-state index in [2.05, 4.69) is 27.7 Å². The third kappa shape index (κ3) is 6.58. The van der Waals surface area contributed by atoms with Crippen molar-refractivity contribution in [2.45, 2.75) is 68.0 Å². The number of amides is 2. The smallest absolute Gasteiger partial charge is 0.248 e. The zero-order valence-electron chi connectivity index (χ0n) is 29.4. The van der Waals surface area contributed by atoms with Crippen molar-refractivity contribution in [2.75, 3.05) is 13.1 Å². The second kappa shape index (κ2) is 14.9. The standard InChI is InChI=1S/C23H23F2N3OS.C17H14F2N2OS2/c24-17-9-10-20(25)18(13-17)21-27-28(22(29)16-7-4-12-26-14-16)23(30-21)11-3-6-15-5-1-2-8-19(15)23;1-10(22)21-17(7-2-3-11-6-8-23-15(11)17)24-16(20-21)13-9-12(18)4-5-14(13)19/h1-2,5,8-10,13,16,26H,3-4,6-7,11-12,14H2;4-6,8-9H,2-3,7H2,1H3. The van der Waals surface area contributed by atoms with Gasteiger partial charge in [0.2, 0.25) is 11.8 Å². The third-order valence-electron chi connectivity index (χ3n) is 10.5. The van der Waals surface area contributed by atoms with Crippen LogP contribution in [0.3, 0.4) is 0 Å². The van der Waals surface area contributed by atoms with E-state index in [-0.39, 0.29) is 28.9 Å². The van der Waals surface area contributed by atoms with Gasteiger partial charge in [0.1, 0.15) is 38.2 Å². The van der Waals surface area contributed by atoms with Crippen LogP contribution < -0.4 is 5.32 Å². The van der Waals surface area contributed by atoms with Crippen LogP contribution in [-0.2, 0) is 32.2 Å². The zero-order valence-corrected chi connectivity index (χ0v) is 31.9. The number of halogens is 4. The molecule has 1 fully saturated rings. The molecule has 7 nitrogen and oxygen atoms in total. The number of hydrogen-bond donors (Lipinski definition) is 1. The summed E-state index contributed by atoms with van der Waals surface area (Å²) in [5.41, 5.74) is 3.66. The van der Waals surface area contributed by atoms with Crippen molar-refractivity contribution in [3.63, 3.8) is 0 Å². The van der Waals surface area contributed by atoms with Crippen LogP contribution in [0.2, 0.25) is 0 Å². The maximum absolute atomic E-state index is 14.6. The highest BCUT2D eigenvalue weighted by atomic mass is 32.2. The second-order valence-corrected chi connectivity index (χ2v) is 17.4. The van der Waals surface area contributed by atoms with Gasteiger partial charge in [0.15, 0.2) is 4.87 Å². The maximum atomic E-state index is 14.6. The maximum Gasteiger partial charge on any atom is 0.248 e. The van der Waals surface area contributed by atoms with Crippen molar-refractivity contribution in [2.24, 2.45) is 16.1 Å². The fourth-order valence-electron chi connectivity index (χ4n) is 8.02. The highest BCUT2D eigenvalue weighted by Crippen LogP contribution is 2.56. The van der Waals surface area contributed by atoms with Crippen LogP contribution in [0.5, 0.6) is 0 Å². The number of hydrogen-bond acceptors (Lipinski definition) is 8. The molecule has 0 saturated carbocycles. The molecule has 4 heterocycles. The molecule has 3 aromatic carbocycles. The van der Waals surface area contributed by atoms with Crippen molar-refractivity contribution in [3.8, 4) is 0 Å². The minimum Gasteiger partial charge on any atom is -0.316 e. The molecule has 3 aliphatic heterocycles. The summed E-state index contributed by atoms with van der Waals surface area (Å²) in [5.74, 6) is -2.51. The SMILES string of the molecule is CC(=O)N1N=C(c2cc(F)ccc2F)SC12CCCc1ccsc12.O=C(C1CCCNC1)N1N=C(c2cc(F)ccc2F)SC12CCCc1ccccc12. The first-order chi connectivity index (χ1) is 26.1. The summed E-state index contributed by atoms with van der Waals surface area (Å²) in [4.78, 5) is 25.6. The lowest BCUT2D eigenvalue weighted by Crippen LogP contribution is -2.48. The molecular weight excluding hydrogens is 755 g/mol. The molecule has 4 aromatic rings. The van der Waals surface area contributed by atoms with Crippen LogP contribution >= 0.6 is 34.9 Å². The number of thioether (sulfide) groups is 2. The average molecular weight is 792 g/mol. The molecule has 1 saturated heterocycles. The lowest BCUT2D eigenvalue weighted by molar-refractivity contribution is -0.140. The Hall–Kier alpha value is -3.98. The first kappa shape index (κ1) is 37.0. The van der Waals surface area contributed by atoms with Crippen molar-refractivity contribution >= 4 is 56.8 Å². The van der Waals surface area contributed by atoms with Gasteiger partial charge in [-0.1, -0.05) is 47.8 Å². The number of piperidine rings is 1. The van der Waals surface area contributed by atoms with E-state index in [1.54, 1.807) is 16.3 Å². The second-order valence-electron chi connectivity index (χ2n) is 14.0. The highest BCUT2D eigenvalue weighted by Gasteiger charge is 2.53. The topological polar surface area (TPSA) is 77.4 Å². The van der Waals surface area contributed by atoms with Gasteiger partial charge in [0.05, 0.1) is 5.92 Å². The molecule has 2 amide bonds. The number of hydrazone groups is 2. The molecule has 9 rings (SSSR count). The summed E-state index contributed by atoms with van der Waals surface area (Å²) in [6, 6.07) is 16.9. The van der Waals surface area contributed by atoms with Gasteiger partial charge >= 0.3 is 0 Å². The quantitative estimate of drug-likeness (QED) is 0.210. The number of fused-ring (bicyclic) bond motifs is 4. The number of rotatable bonds is 3. The Kier molecular flexibility index (Phi) is 10.2. The van der Waals surface area contributed by atoms with Crippen LogP contribution in [0.15, 0.2) is 82.3 Å². The Labute approximate surface area is 323 Å². The Morgan fingerprint density at radius 3 is 2.07 bits per heavy atom. The molecule has 14 heteroatoms. The fraction of sp³-hybridized carbons (Fsp3) is 0.350. The van der Waals surface area contributed by atoms with Gasteiger partial charge in [-0.3, -0.25) is 9.59 Å². The molecule has 3 unspecified atom stereocenters. The fourth-order valence-corrected chi connectivity index (χ4v) is 12.3. The van der Waals surface area contributed by atoms with Gasteiger partial charge in [0.25, 0.3) is 0 Å². The van der Waals surface area contributed by atoms with E-state index in [1.165, 1.54) is 52.6 Å². The molecule has 0 radical (unpaired) electrons. The Bertz CT molecular complexity index is 2190. The number of nitrogens with zero attached hydrogens (tertiary/aromatic N) is 4. The van der Waals surface area contributed by atoms with Gasteiger partial charge in [-0.05, 0) is 122 Å². The van der Waals surface area contributed by atoms with Crippen molar-refractivity contribution < 1.29 is 27.2 Å². The van der Waals surface area contributed by atoms with Gasteiger partial charge in [-0.15, -0.1) is 11.3 Å². The van der Waals surface area contributed by atoms with E-state index in [9.17, 15) is 27.2 Å². The van der Waals surface area contributed by atoms with Crippen LogP contribution in [0.1, 0.15) is 78.1 Å². The van der Waals surface area contributed by atoms with E-state index < -0.39 is 33.0 Å². The van der Waals surface area contributed by atoms with Crippen molar-refractivity contribution in [3.05, 3.63) is 128 Å².